The lowest BCUT2D eigenvalue weighted by molar-refractivity contribution is -0.143. The van der Waals surface area contributed by atoms with Crippen LogP contribution in [0.5, 0.6) is 0 Å². The minimum absolute atomic E-state index is 0.0297. The molecule has 0 aromatic carbocycles. The largest absolute Gasteiger partial charge is 0.401 e. The van der Waals surface area contributed by atoms with Gasteiger partial charge in [0, 0.05) is 19.0 Å². The van der Waals surface area contributed by atoms with Crippen molar-refractivity contribution in [1.29, 1.82) is 0 Å². The van der Waals surface area contributed by atoms with Crippen molar-refractivity contribution < 1.29 is 18.0 Å². The van der Waals surface area contributed by atoms with E-state index in [9.17, 15) is 18.0 Å². The third kappa shape index (κ3) is 8.05. The molecule has 7 heteroatoms. The van der Waals surface area contributed by atoms with Crippen LogP contribution in [0.3, 0.4) is 0 Å². The molecule has 1 heterocycles. The van der Waals surface area contributed by atoms with Crippen LogP contribution in [0.25, 0.3) is 0 Å². The fourth-order valence-corrected chi connectivity index (χ4v) is 2.19. The molecule has 0 aromatic rings. The third-order valence-corrected chi connectivity index (χ3v) is 3.08. The van der Waals surface area contributed by atoms with E-state index in [4.69, 9.17) is 0 Å². The van der Waals surface area contributed by atoms with Gasteiger partial charge in [-0.25, -0.2) is 0 Å². The Hall–Kier alpha value is -0.820. The molecule has 1 amide bonds. The number of hydrogen-bond acceptors (Lipinski definition) is 3. The SMILES string of the molecule is CN(CCCNC(=O)CC1CCCN1)CC(F)(F)F. The molecular weight excluding hydrogens is 259 g/mol. The van der Waals surface area contributed by atoms with Gasteiger partial charge in [0.1, 0.15) is 0 Å². The predicted octanol–water partition coefficient (Wildman–Crippen LogP) is 1.13. The molecule has 1 aliphatic heterocycles. The molecule has 1 atom stereocenters. The number of carbonyl (C=O) groups is 1. The van der Waals surface area contributed by atoms with E-state index in [0.717, 1.165) is 19.4 Å². The molecule has 1 rings (SSSR count). The van der Waals surface area contributed by atoms with Crippen molar-refractivity contribution in [2.24, 2.45) is 0 Å². The number of nitrogens with one attached hydrogen (secondary N) is 2. The first-order valence-electron chi connectivity index (χ1n) is 6.62. The van der Waals surface area contributed by atoms with E-state index in [0.29, 0.717) is 25.9 Å². The van der Waals surface area contributed by atoms with Gasteiger partial charge in [-0.3, -0.25) is 9.69 Å². The van der Waals surface area contributed by atoms with Gasteiger partial charge in [-0.05, 0) is 39.4 Å². The van der Waals surface area contributed by atoms with E-state index < -0.39 is 12.7 Å². The zero-order valence-corrected chi connectivity index (χ0v) is 11.2. The highest BCUT2D eigenvalue weighted by molar-refractivity contribution is 5.76. The Labute approximate surface area is 111 Å². The third-order valence-electron chi connectivity index (χ3n) is 3.08. The average Bonchev–Trinajstić information content (AvgIpc) is 2.74. The van der Waals surface area contributed by atoms with Crippen LogP contribution in [0.1, 0.15) is 25.7 Å². The smallest absolute Gasteiger partial charge is 0.356 e. The maximum absolute atomic E-state index is 12.1. The maximum Gasteiger partial charge on any atom is 0.401 e. The molecule has 1 fully saturated rings. The predicted molar refractivity (Wildman–Crippen MR) is 66.8 cm³/mol. The Morgan fingerprint density at radius 2 is 2.21 bits per heavy atom. The van der Waals surface area contributed by atoms with Gasteiger partial charge < -0.3 is 10.6 Å². The average molecular weight is 281 g/mol. The quantitative estimate of drug-likeness (QED) is 0.688. The Morgan fingerprint density at radius 3 is 2.79 bits per heavy atom. The van der Waals surface area contributed by atoms with E-state index in [1.807, 2.05) is 0 Å². The van der Waals surface area contributed by atoms with Gasteiger partial charge in [0.25, 0.3) is 0 Å². The molecule has 0 aliphatic carbocycles. The van der Waals surface area contributed by atoms with Gasteiger partial charge in [0.2, 0.25) is 5.91 Å². The summed E-state index contributed by atoms with van der Waals surface area (Å²) < 4.78 is 36.2. The number of halogens is 3. The normalized spacial score (nSPS) is 19.9. The summed E-state index contributed by atoms with van der Waals surface area (Å²) in [5.74, 6) is -0.0297. The number of hydrogen-bond donors (Lipinski definition) is 2. The lowest BCUT2D eigenvalue weighted by Gasteiger charge is -2.18. The molecule has 0 saturated carbocycles. The van der Waals surface area contributed by atoms with Crippen LogP contribution >= 0.6 is 0 Å². The van der Waals surface area contributed by atoms with Crippen molar-refractivity contribution in [2.45, 2.75) is 37.9 Å². The Kier molecular flexibility index (Phi) is 6.57. The molecule has 112 valence electrons. The lowest BCUT2D eigenvalue weighted by atomic mass is 10.1. The Morgan fingerprint density at radius 1 is 1.47 bits per heavy atom. The van der Waals surface area contributed by atoms with Crippen LogP contribution in [-0.2, 0) is 4.79 Å². The number of alkyl halides is 3. The minimum atomic E-state index is -4.16. The van der Waals surface area contributed by atoms with Gasteiger partial charge in [-0.2, -0.15) is 13.2 Å². The van der Waals surface area contributed by atoms with Crippen LogP contribution in [0, 0.1) is 0 Å². The van der Waals surface area contributed by atoms with Gasteiger partial charge >= 0.3 is 6.18 Å². The molecule has 0 radical (unpaired) electrons. The van der Waals surface area contributed by atoms with E-state index in [1.165, 1.54) is 11.9 Å². The zero-order valence-electron chi connectivity index (χ0n) is 11.2. The first kappa shape index (κ1) is 16.2. The second-order valence-corrected chi connectivity index (χ2v) is 5.05. The fraction of sp³-hybridized carbons (Fsp3) is 0.917. The van der Waals surface area contributed by atoms with Crippen molar-refractivity contribution >= 4 is 5.91 Å². The highest BCUT2D eigenvalue weighted by Gasteiger charge is 2.28. The van der Waals surface area contributed by atoms with E-state index in [2.05, 4.69) is 10.6 Å². The highest BCUT2D eigenvalue weighted by atomic mass is 19.4. The molecule has 4 nitrogen and oxygen atoms in total. The van der Waals surface area contributed by atoms with Crippen LogP contribution < -0.4 is 10.6 Å². The monoisotopic (exact) mass is 281 g/mol. The van der Waals surface area contributed by atoms with E-state index >= 15 is 0 Å². The van der Waals surface area contributed by atoms with E-state index in [1.54, 1.807) is 0 Å². The Bertz CT molecular complexity index is 278. The number of carbonyl (C=O) groups excluding carboxylic acids is 1. The summed E-state index contributed by atoms with van der Waals surface area (Å²) in [4.78, 5) is 12.7. The van der Waals surface area contributed by atoms with Gasteiger partial charge in [0.15, 0.2) is 0 Å². The lowest BCUT2D eigenvalue weighted by Crippen LogP contribution is -2.35. The van der Waals surface area contributed by atoms with E-state index in [-0.39, 0.29) is 11.9 Å². The van der Waals surface area contributed by atoms with Crippen LogP contribution in [0.4, 0.5) is 13.2 Å². The summed E-state index contributed by atoms with van der Waals surface area (Å²) in [6.07, 6.45) is -1.07. The number of nitrogens with zero attached hydrogens (tertiary/aromatic N) is 1. The summed E-state index contributed by atoms with van der Waals surface area (Å²) in [7, 11) is 1.43. The first-order valence-corrected chi connectivity index (χ1v) is 6.62. The topological polar surface area (TPSA) is 44.4 Å². The second kappa shape index (κ2) is 7.69. The summed E-state index contributed by atoms with van der Waals surface area (Å²) in [6.45, 7) is 0.794. The number of rotatable bonds is 7. The minimum Gasteiger partial charge on any atom is -0.356 e. The fourth-order valence-electron chi connectivity index (χ4n) is 2.19. The Balaban J connectivity index is 2.02. The van der Waals surface area contributed by atoms with Crippen LogP contribution in [0.15, 0.2) is 0 Å². The standard InChI is InChI=1S/C12H22F3N3O/c1-18(9-12(13,14)15)7-3-6-17-11(19)8-10-4-2-5-16-10/h10,16H,2-9H2,1H3,(H,17,19). The van der Waals surface area contributed by atoms with Crippen LogP contribution in [0.2, 0.25) is 0 Å². The summed E-state index contributed by atoms with van der Waals surface area (Å²) in [6, 6.07) is 0.257. The highest BCUT2D eigenvalue weighted by Crippen LogP contribution is 2.15. The zero-order chi connectivity index (χ0) is 14.3. The van der Waals surface area contributed by atoms with Gasteiger partial charge in [0.05, 0.1) is 6.54 Å². The molecule has 1 unspecified atom stereocenters. The van der Waals surface area contributed by atoms with Gasteiger partial charge in [-0.15, -0.1) is 0 Å². The van der Waals surface area contributed by atoms with Crippen LogP contribution in [-0.4, -0.2) is 56.3 Å². The van der Waals surface area contributed by atoms with Crippen molar-refractivity contribution in [1.82, 2.24) is 15.5 Å². The summed E-state index contributed by atoms with van der Waals surface area (Å²) in [5, 5.41) is 5.97. The maximum atomic E-state index is 12.1. The molecule has 0 aromatic heterocycles. The molecule has 0 spiro atoms. The summed E-state index contributed by atoms with van der Waals surface area (Å²) in [5.41, 5.74) is 0. The summed E-state index contributed by atoms with van der Waals surface area (Å²) >= 11 is 0. The molecular formula is C12H22F3N3O. The molecule has 2 N–H and O–H groups in total. The van der Waals surface area contributed by atoms with Crippen molar-refractivity contribution in [3.8, 4) is 0 Å². The molecule has 1 saturated heterocycles. The van der Waals surface area contributed by atoms with Crippen molar-refractivity contribution in [2.75, 3.05) is 33.2 Å². The molecule has 0 bridgehead atoms. The number of amides is 1. The molecule has 19 heavy (non-hydrogen) atoms. The van der Waals surface area contributed by atoms with Crippen molar-refractivity contribution in [3.63, 3.8) is 0 Å². The second-order valence-electron chi connectivity index (χ2n) is 5.05. The van der Waals surface area contributed by atoms with Crippen molar-refractivity contribution in [3.05, 3.63) is 0 Å². The molecule has 1 aliphatic rings. The van der Waals surface area contributed by atoms with Gasteiger partial charge in [-0.1, -0.05) is 0 Å². The first-order chi connectivity index (χ1) is 8.87.